The van der Waals surface area contributed by atoms with E-state index < -0.39 is 0 Å². The van der Waals surface area contributed by atoms with E-state index >= 15 is 0 Å². The minimum atomic E-state index is 0.0412. The zero-order valence-electron chi connectivity index (χ0n) is 12.4. The molecule has 0 aliphatic carbocycles. The fraction of sp³-hybridized carbons (Fsp3) is 0.294. The van der Waals surface area contributed by atoms with Crippen LogP contribution >= 0.6 is 11.6 Å². The highest BCUT2D eigenvalue weighted by molar-refractivity contribution is 6.31. The highest BCUT2D eigenvalue weighted by atomic mass is 35.5. The van der Waals surface area contributed by atoms with Crippen molar-refractivity contribution in [3.05, 3.63) is 58.6 Å². The van der Waals surface area contributed by atoms with E-state index in [0.717, 1.165) is 27.6 Å². The van der Waals surface area contributed by atoms with Crippen LogP contribution in [0.2, 0.25) is 5.02 Å². The summed E-state index contributed by atoms with van der Waals surface area (Å²) >= 11 is 6.15. The first-order valence-electron chi connectivity index (χ1n) is 7.09. The van der Waals surface area contributed by atoms with Crippen LogP contribution in [0.4, 0.5) is 5.69 Å². The van der Waals surface area contributed by atoms with Crippen LogP contribution in [0.15, 0.2) is 42.5 Å². The average Bonchev–Trinajstić information content (AvgIpc) is 2.50. The summed E-state index contributed by atoms with van der Waals surface area (Å²) < 4.78 is 5.45. The minimum Gasteiger partial charge on any atom is -0.494 e. The Morgan fingerprint density at radius 3 is 2.48 bits per heavy atom. The summed E-state index contributed by atoms with van der Waals surface area (Å²) in [5, 5.41) is 4.17. The molecule has 3 nitrogen and oxygen atoms in total. The Kier molecular flexibility index (Phi) is 5.48. The molecule has 4 heteroatoms. The molecule has 2 aromatic rings. The van der Waals surface area contributed by atoms with Gasteiger partial charge in [0.25, 0.3) is 0 Å². The topological polar surface area (TPSA) is 47.3 Å². The third kappa shape index (κ3) is 4.13. The number of hydrogen-bond donors (Lipinski definition) is 2. The van der Waals surface area contributed by atoms with Crippen molar-refractivity contribution in [3.63, 3.8) is 0 Å². The van der Waals surface area contributed by atoms with Crippen molar-refractivity contribution in [2.75, 3.05) is 18.5 Å². The molecule has 0 amide bonds. The summed E-state index contributed by atoms with van der Waals surface area (Å²) in [7, 11) is 0. The zero-order chi connectivity index (χ0) is 15.2. The quantitative estimate of drug-likeness (QED) is 0.842. The van der Waals surface area contributed by atoms with Gasteiger partial charge in [-0.05, 0) is 49.2 Å². The number of benzene rings is 2. The van der Waals surface area contributed by atoms with Crippen LogP contribution in [0, 0.1) is 6.92 Å². The summed E-state index contributed by atoms with van der Waals surface area (Å²) in [5.74, 6) is 0.871. The summed E-state index contributed by atoms with van der Waals surface area (Å²) in [5.41, 5.74) is 9.04. The Balaban J connectivity index is 2.13. The van der Waals surface area contributed by atoms with Gasteiger partial charge in [0.15, 0.2) is 0 Å². The van der Waals surface area contributed by atoms with E-state index in [4.69, 9.17) is 22.1 Å². The lowest BCUT2D eigenvalue weighted by Gasteiger charge is -2.19. The summed E-state index contributed by atoms with van der Waals surface area (Å²) in [6.07, 6.45) is 0. The second-order valence-electron chi connectivity index (χ2n) is 4.90. The van der Waals surface area contributed by atoms with Crippen molar-refractivity contribution in [3.8, 4) is 5.75 Å². The van der Waals surface area contributed by atoms with E-state index in [2.05, 4.69) is 5.32 Å². The number of halogens is 1. The van der Waals surface area contributed by atoms with Crippen LogP contribution < -0.4 is 15.8 Å². The first kappa shape index (κ1) is 15.7. The fourth-order valence-electron chi connectivity index (χ4n) is 2.13. The number of hydrogen-bond acceptors (Lipinski definition) is 3. The number of anilines is 1. The van der Waals surface area contributed by atoms with Gasteiger partial charge in [0.1, 0.15) is 5.75 Å². The summed E-state index contributed by atoms with van der Waals surface area (Å²) in [6.45, 7) is 5.12. The molecule has 0 aliphatic heterocycles. The van der Waals surface area contributed by atoms with Crippen LogP contribution in [-0.2, 0) is 0 Å². The molecule has 0 spiro atoms. The number of ether oxygens (including phenoxy) is 1. The van der Waals surface area contributed by atoms with Crippen LogP contribution in [-0.4, -0.2) is 13.2 Å². The van der Waals surface area contributed by atoms with Gasteiger partial charge in [-0.3, -0.25) is 0 Å². The Morgan fingerprint density at radius 2 is 1.90 bits per heavy atom. The SMILES string of the molecule is CCOc1ccc(C(CN)Nc2ccc(C)c(Cl)c2)cc1. The number of nitrogens with one attached hydrogen (secondary N) is 1. The van der Waals surface area contributed by atoms with Gasteiger partial charge in [0.2, 0.25) is 0 Å². The van der Waals surface area contributed by atoms with Crippen LogP contribution in [0.3, 0.4) is 0 Å². The standard InChI is InChI=1S/C17H21ClN2O/c1-3-21-15-8-5-13(6-9-15)17(11-19)20-14-7-4-12(2)16(18)10-14/h4-10,17,20H,3,11,19H2,1-2H3. The fourth-order valence-corrected chi connectivity index (χ4v) is 2.31. The number of rotatable bonds is 6. The molecule has 0 saturated heterocycles. The molecular weight excluding hydrogens is 284 g/mol. The van der Waals surface area contributed by atoms with Gasteiger partial charge >= 0.3 is 0 Å². The van der Waals surface area contributed by atoms with Gasteiger partial charge in [-0.25, -0.2) is 0 Å². The smallest absolute Gasteiger partial charge is 0.119 e. The molecule has 0 aliphatic rings. The molecule has 0 aromatic heterocycles. The molecule has 0 radical (unpaired) electrons. The van der Waals surface area contributed by atoms with E-state index in [-0.39, 0.29) is 6.04 Å². The Morgan fingerprint density at radius 1 is 1.19 bits per heavy atom. The largest absolute Gasteiger partial charge is 0.494 e. The van der Waals surface area contributed by atoms with Gasteiger partial charge in [0.05, 0.1) is 12.6 Å². The van der Waals surface area contributed by atoms with E-state index in [1.807, 2.05) is 56.3 Å². The van der Waals surface area contributed by atoms with Gasteiger partial charge < -0.3 is 15.8 Å². The van der Waals surface area contributed by atoms with E-state index in [1.165, 1.54) is 0 Å². The molecule has 2 aromatic carbocycles. The first-order valence-corrected chi connectivity index (χ1v) is 7.47. The minimum absolute atomic E-state index is 0.0412. The van der Waals surface area contributed by atoms with E-state index in [1.54, 1.807) is 0 Å². The maximum absolute atomic E-state index is 6.15. The van der Waals surface area contributed by atoms with Crippen molar-refractivity contribution in [1.82, 2.24) is 0 Å². The molecule has 0 saturated carbocycles. The van der Waals surface area contributed by atoms with Crippen molar-refractivity contribution in [2.45, 2.75) is 19.9 Å². The third-order valence-corrected chi connectivity index (χ3v) is 3.75. The Labute approximate surface area is 131 Å². The average molecular weight is 305 g/mol. The first-order chi connectivity index (χ1) is 10.1. The maximum atomic E-state index is 6.15. The van der Waals surface area contributed by atoms with E-state index in [9.17, 15) is 0 Å². The third-order valence-electron chi connectivity index (χ3n) is 3.34. The van der Waals surface area contributed by atoms with Crippen LogP contribution in [0.25, 0.3) is 0 Å². The lowest BCUT2D eigenvalue weighted by Crippen LogP contribution is -2.20. The second kappa shape index (κ2) is 7.34. The second-order valence-corrected chi connectivity index (χ2v) is 5.31. The zero-order valence-corrected chi connectivity index (χ0v) is 13.2. The predicted octanol–water partition coefficient (Wildman–Crippen LogP) is 4.16. The van der Waals surface area contributed by atoms with Gasteiger partial charge in [-0.15, -0.1) is 0 Å². The van der Waals surface area contributed by atoms with Crippen molar-refractivity contribution >= 4 is 17.3 Å². The summed E-state index contributed by atoms with van der Waals surface area (Å²) in [6, 6.07) is 14.0. The lowest BCUT2D eigenvalue weighted by atomic mass is 10.1. The van der Waals surface area contributed by atoms with Gasteiger partial charge in [0, 0.05) is 17.3 Å². The van der Waals surface area contributed by atoms with Gasteiger partial charge in [-0.1, -0.05) is 29.8 Å². The Hall–Kier alpha value is -1.71. The maximum Gasteiger partial charge on any atom is 0.119 e. The number of aryl methyl sites for hydroxylation is 1. The molecule has 3 N–H and O–H groups in total. The highest BCUT2D eigenvalue weighted by Crippen LogP contribution is 2.25. The molecule has 2 rings (SSSR count). The van der Waals surface area contributed by atoms with Crippen molar-refractivity contribution in [1.29, 1.82) is 0 Å². The van der Waals surface area contributed by atoms with Crippen molar-refractivity contribution in [2.24, 2.45) is 5.73 Å². The van der Waals surface area contributed by atoms with E-state index in [0.29, 0.717) is 13.2 Å². The van der Waals surface area contributed by atoms with Crippen molar-refractivity contribution < 1.29 is 4.74 Å². The molecule has 112 valence electrons. The molecule has 1 atom stereocenters. The predicted molar refractivity (Wildman–Crippen MR) is 89.2 cm³/mol. The normalized spacial score (nSPS) is 12.0. The van der Waals surface area contributed by atoms with Crippen LogP contribution in [0.1, 0.15) is 24.1 Å². The van der Waals surface area contributed by atoms with Crippen LogP contribution in [0.5, 0.6) is 5.75 Å². The molecule has 0 bridgehead atoms. The molecule has 0 fully saturated rings. The van der Waals surface area contributed by atoms with Gasteiger partial charge in [-0.2, -0.15) is 0 Å². The molecular formula is C17H21ClN2O. The number of nitrogens with two attached hydrogens (primary N) is 1. The lowest BCUT2D eigenvalue weighted by molar-refractivity contribution is 0.340. The monoisotopic (exact) mass is 304 g/mol. The highest BCUT2D eigenvalue weighted by Gasteiger charge is 2.10. The molecule has 0 heterocycles. The molecule has 21 heavy (non-hydrogen) atoms. The molecule has 1 unspecified atom stereocenters. The summed E-state index contributed by atoms with van der Waals surface area (Å²) in [4.78, 5) is 0. The Bertz CT molecular complexity index is 584.